The second-order valence-corrected chi connectivity index (χ2v) is 22.4. The van der Waals surface area contributed by atoms with Crippen molar-refractivity contribution in [2.75, 3.05) is 64.8 Å². The Morgan fingerprint density at radius 1 is 0.478 bits per heavy atom. The van der Waals surface area contributed by atoms with Gasteiger partial charge < -0.3 is 71.8 Å². The van der Waals surface area contributed by atoms with Crippen molar-refractivity contribution in [2.24, 2.45) is 0 Å². The minimum Gasteiger partial charge on any atom is -0.391 e. The zero-order chi connectivity index (χ0) is 66.7. The van der Waals surface area contributed by atoms with Gasteiger partial charge in [0.2, 0.25) is 17.7 Å². The number of aromatic nitrogens is 3. The number of benzene rings is 3. The normalized spacial score (nSPS) is 15.4. The highest BCUT2D eigenvalue weighted by Crippen LogP contribution is 2.37. The number of aryl methyl sites for hydroxylation is 3. The molecule has 0 saturated heterocycles. The summed E-state index contributed by atoms with van der Waals surface area (Å²) in [7, 11) is 9.36. The number of carbonyl (C=O) groups is 9. The highest BCUT2D eigenvalue weighted by Gasteiger charge is 2.33. The van der Waals surface area contributed by atoms with E-state index in [9.17, 15) is 66.5 Å². The lowest BCUT2D eigenvalue weighted by molar-refractivity contribution is -0.133. The van der Waals surface area contributed by atoms with Gasteiger partial charge >= 0.3 is 0 Å². The van der Waals surface area contributed by atoms with Crippen LogP contribution >= 0.6 is 0 Å². The first kappa shape index (κ1) is 67.2. The van der Waals surface area contributed by atoms with Crippen LogP contribution in [0, 0.1) is 59.0 Å². The van der Waals surface area contributed by atoms with Crippen molar-refractivity contribution in [3.63, 3.8) is 0 Å². The molecule has 0 aliphatic carbocycles. The number of aliphatic hydroxyl groups excluding tert-OH is 2. The van der Waals surface area contributed by atoms with Gasteiger partial charge in [-0.2, -0.15) is 0 Å². The van der Waals surface area contributed by atoms with Crippen molar-refractivity contribution >= 4 is 105 Å². The molecule has 0 fully saturated rings. The SMILES string of the molecule is Cc1[nH]c(/C=C2\C(=O)Nc3ccc(F)cc32)c(C)c1C(=O)NCC(=O)N(C)C.Cc1[nH]c(/C=C2\C(=O)Nc3ccc(F)cc32)c(C)c1C(=O)N[C@@H](C(=O)N(C)C)[C@H](C)O.Cc1[nH]c(/C=C2\C(=O)Nc3ccc(F)cc32)c(C)c1C(=O)N[C@H](C(=O)N(C)C)[C@@H](C)O. The number of fused-ring (bicyclic) bond motifs is 3. The summed E-state index contributed by atoms with van der Waals surface area (Å²) in [5.74, 6) is -4.97. The summed E-state index contributed by atoms with van der Waals surface area (Å²) < 4.78 is 41.0. The third-order valence-corrected chi connectivity index (χ3v) is 15.1. The maximum absolute atomic E-state index is 13.7. The van der Waals surface area contributed by atoms with Gasteiger partial charge in [-0.25, -0.2) is 13.2 Å². The van der Waals surface area contributed by atoms with E-state index in [1.165, 1.54) is 111 Å². The number of nitrogens with one attached hydrogen (secondary N) is 9. The van der Waals surface area contributed by atoms with Crippen LogP contribution in [-0.2, 0) is 28.8 Å². The van der Waals surface area contributed by atoms with Gasteiger partial charge in [0.15, 0.2) is 0 Å². The Bertz CT molecular complexity index is 3860. The highest BCUT2D eigenvalue weighted by molar-refractivity contribution is 6.36. The van der Waals surface area contributed by atoms with Gasteiger partial charge in [0.05, 0.1) is 52.2 Å². The molecule has 4 atom stereocenters. The molecule has 0 bridgehead atoms. The van der Waals surface area contributed by atoms with Gasteiger partial charge in [0.1, 0.15) is 29.5 Å². The zero-order valence-electron chi connectivity index (χ0n) is 52.0. The maximum atomic E-state index is 13.7. The molecule has 9 amide bonds. The van der Waals surface area contributed by atoms with Crippen LogP contribution in [0.2, 0.25) is 0 Å². The number of likely N-dealkylation sites (N-methyl/N-ethyl adjacent to an activating group) is 3. The van der Waals surface area contributed by atoms with Gasteiger partial charge in [0.25, 0.3) is 35.4 Å². The predicted octanol–water partition coefficient (Wildman–Crippen LogP) is 5.74. The van der Waals surface area contributed by atoms with Crippen LogP contribution in [-0.4, -0.2) is 166 Å². The second kappa shape index (κ2) is 27.4. The molecule has 3 aliphatic heterocycles. The molecule has 474 valence electrons. The fraction of sp³-hybridized carbons (Fsp3) is 0.297. The summed E-state index contributed by atoms with van der Waals surface area (Å²) in [6.07, 6.45) is 2.56. The third kappa shape index (κ3) is 14.5. The Morgan fingerprint density at radius 3 is 1.03 bits per heavy atom. The predicted molar refractivity (Wildman–Crippen MR) is 334 cm³/mol. The summed E-state index contributed by atoms with van der Waals surface area (Å²) >= 11 is 0. The van der Waals surface area contributed by atoms with Crippen molar-refractivity contribution in [2.45, 2.75) is 79.7 Å². The Balaban J connectivity index is 0.000000192. The number of rotatable bonds is 14. The topological polar surface area (TPSA) is 323 Å². The first-order valence-corrected chi connectivity index (χ1v) is 28.2. The van der Waals surface area contributed by atoms with E-state index in [0.717, 1.165) is 0 Å². The van der Waals surface area contributed by atoms with E-state index in [4.69, 9.17) is 0 Å². The summed E-state index contributed by atoms with van der Waals surface area (Å²) in [4.78, 5) is 125. The van der Waals surface area contributed by atoms with E-state index in [2.05, 4.69) is 46.9 Å². The van der Waals surface area contributed by atoms with E-state index in [1.807, 2.05) is 0 Å². The quantitative estimate of drug-likeness (QED) is 0.0584. The molecule has 0 unspecified atom stereocenters. The molecule has 3 aliphatic rings. The fourth-order valence-corrected chi connectivity index (χ4v) is 10.3. The van der Waals surface area contributed by atoms with E-state index in [1.54, 1.807) is 73.9 Å². The summed E-state index contributed by atoms with van der Waals surface area (Å²) in [5.41, 5.74) is 9.82. The minimum atomic E-state index is -1.10. The van der Waals surface area contributed by atoms with Crippen molar-refractivity contribution < 1.29 is 66.5 Å². The van der Waals surface area contributed by atoms with Gasteiger partial charge in [-0.3, -0.25) is 43.2 Å². The summed E-state index contributed by atoms with van der Waals surface area (Å²) in [6, 6.07) is 9.95. The zero-order valence-corrected chi connectivity index (χ0v) is 52.0. The van der Waals surface area contributed by atoms with Crippen LogP contribution in [0.3, 0.4) is 0 Å². The molecule has 0 spiro atoms. The molecular formula is C64H71F3N12O11. The first-order chi connectivity index (χ1) is 42.2. The number of aromatic amines is 3. The van der Waals surface area contributed by atoms with Gasteiger partial charge in [-0.15, -0.1) is 0 Å². The lowest BCUT2D eigenvalue weighted by Gasteiger charge is -2.24. The number of hydrogen-bond acceptors (Lipinski definition) is 11. The van der Waals surface area contributed by atoms with E-state index < -0.39 is 65.4 Å². The number of halogens is 3. The molecule has 23 nitrogen and oxygen atoms in total. The molecule has 6 aromatic rings. The molecule has 3 aromatic heterocycles. The number of hydrogen-bond donors (Lipinski definition) is 11. The molecule has 6 heterocycles. The fourth-order valence-electron chi connectivity index (χ4n) is 10.3. The average molecular weight is 1240 g/mol. The smallest absolute Gasteiger partial charge is 0.256 e. The van der Waals surface area contributed by atoms with Crippen LogP contribution in [0.1, 0.15) is 112 Å². The van der Waals surface area contributed by atoms with E-state index >= 15 is 0 Å². The van der Waals surface area contributed by atoms with Crippen LogP contribution in [0.15, 0.2) is 54.6 Å². The third-order valence-electron chi connectivity index (χ3n) is 15.1. The Labute approximate surface area is 516 Å². The lowest BCUT2D eigenvalue weighted by Crippen LogP contribution is -2.52. The molecule has 90 heavy (non-hydrogen) atoms. The standard InChI is InChI=1S/2C22H25FN4O4.C20H21FN4O3/c2*1-10-17(9-15-14-8-13(23)6-7-16(14)25-20(15)29)24-11(2)18(10)21(30)26-19(12(3)28)22(31)27(4)5;1-10-16(8-14-13-7-12(21)5-6-15(13)24-19(14)27)23-11(2)18(10)20(28)22-9-17(26)25(3)4/h2*6-9,12,19,24,28H,1-5H3,(H,25,29)(H,26,30);5-8,23H,9H2,1-4H3,(H,22,28)(H,24,27)/b2*15-9-;14-8-/t2*12-,19+;/m10./s1. The number of nitrogens with zero attached hydrogens (tertiary/aromatic N) is 3. The molecule has 3 aromatic carbocycles. The molecule has 26 heteroatoms. The van der Waals surface area contributed by atoms with Crippen molar-refractivity contribution in [3.8, 4) is 0 Å². The monoisotopic (exact) mass is 1240 g/mol. The molecule has 9 rings (SSSR count). The number of anilines is 3. The first-order valence-electron chi connectivity index (χ1n) is 28.2. The van der Waals surface area contributed by atoms with Crippen LogP contribution in [0.4, 0.5) is 30.2 Å². The van der Waals surface area contributed by atoms with Gasteiger partial charge in [-0.1, -0.05) is 0 Å². The van der Waals surface area contributed by atoms with Crippen molar-refractivity contribution in [1.82, 2.24) is 45.6 Å². The highest BCUT2D eigenvalue weighted by atomic mass is 19.1. The largest absolute Gasteiger partial charge is 0.391 e. The van der Waals surface area contributed by atoms with Crippen LogP contribution < -0.4 is 31.9 Å². The summed E-state index contributed by atoms with van der Waals surface area (Å²) in [6.45, 7) is 13.0. The molecular weight excluding hydrogens is 1170 g/mol. The Kier molecular flexibility index (Phi) is 20.4. The number of aliphatic hydroxyl groups is 2. The van der Waals surface area contributed by atoms with Gasteiger partial charge in [-0.05, 0) is 145 Å². The number of H-pyrrole nitrogens is 3. The van der Waals surface area contributed by atoms with Crippen LogP contribution in [0.25, 0.3) is 34.9 Å². The molecule has 0 saturated carbocycles. The van der Waals surface area contributed by atoms with E-state index in [0.29, 0.717) is 107 Å². The average Bonchev–Trinajstić information content (AvgIpc) is 1.66. The molecule has 11 N–H and O–H groups in total. The maximum Gasteiger partial charge on any atom is 0.256 e. The second-order valence-electron chi connectivity index (χ2n) is 22.4. The van der Waals surface area contributed by atoms with Crippen molar-refractivity contribution in [1.29, 1.82) is 0 Å². The Hall–Kier alpha value is -10.3. The summed E-state index contributed by atoms with van der Waals surface area (Å²) in [5, 5.41) is 35.7. The van der Waals surface area contributed by atoms with Crippen LogP contribution in [0.5, 0.6) is 0 Å². The Morgan fingerprint density at radius 2 is 0.767 bits per heavy atom. The lowest BCUT2D eigenvalue weighted by atomic mass is 10.0. The number of amides is 9. The molecule has 0 radical (unpaired) electrons. The van der Waals surface area contributed by atoms with E-state index in [-0.39, 0.29) is 47.2 Å². The minimum absolute atomic E-state index is 0.110. The van der Waals surface area contributed by atoms with Gasteiger partial charge in [0, 0.05) is 110 Å². The van der Waals surface area contributed by atoms with Crippen molar-refractivity contribution in [3.05, 3.63) is 156 Å². The number of carbonyl (C=O) groups excluding carboxylic acids is 9.